The van der Waals surface area contributed by atoms with Crippen molar-refractivity contribution in [3.63, 3.8) is 0 Å². The van der Waals surface area contributed by atoms with E-state index in [2.05, 4.69) is 14.8 Å². The third kappa shape index (κ3) is 5.36. The Morgan fingerprint density at radius 1 is 1.50 bits per heavy atom. The van der Waals surface area contributed by atoms with Crippen LogP contribution >= 0.6 is 7.82 Å². The minimum atomic E-state index is -4.66. The predicted molar refractivity (Wildman–Crippen MR) is 76.0 cm³/mol. The van der Waals surface area contributed by atoms with Crippen LogP contribution in [-0.4, -0.2) is 37.0 Å². The highest BCUT2D eigenvalue weighted by atomic mass is 31.2. The number of aryl methyl sites for hydroxylation is 1. The molecule has 1 aromatic heterocycles. The molecular weight excluding hydrogens is 315 g/mol. The van der Waals surface area contributed by atoms with Gasteiger partial charge in [0.1, 0.15) is 11.8 Å². The van der Waals surface area contributed by atoms with E-state index in [4.69, 9.17) is 14.9 Å². The van der Waals surface area contributed by atoms with E-state index in [1.54, 1.807) is 13.8 Å². The second kappa shape index (κ2) is 7.66. The topological polar surface area (TPSA) is 149 Å². The lowest BCUT2D eigenvalue weighted by Crippen LogP contribution is -2.35. The molecule has 0 spiro atoms. The van der Waals surface area contributed by atoms with Crippen LogP contribution in [0.3, 0.4) is 0 Å². The van der Waals surface area contributed by atoms with E-state index >= 15 is 0 Å². The molecule has 10 heteroatoms. The predicted octanol–water partition coefficient (Wildman–Crippen LogP) is 0.658. The van der Waals surface area contributed by atoms with Crippen LogP contribution in [0.5, 0.6) is 5.75 Å². The van der Waals surface area contributed by atoms with E-state index in [-0.39, 0.29) is 17.9 Å². The summed E-state index contributed by atoms with van der Waals surface area (Å²) >= 11 is 0. The summed E-state index contributed by atoms with van der Waals surface area (Å²) in [7, 11) is -4.66. The largest absolute Gasteiger partial charge is 0.506 e. The number of phosphoric acid groups is 1. The SMILES string of the molecule is CC[C@@H](NCc1c(COP(=O)(O)O)cnc(C)c1O)C(=O)O. The van der Waals surface area contributed by atoms with Gasteiger partial charge in [0.25, 0.3) is 0 Å². The summed E-state index contributed by atoms with van der Waals surface area (Å²) in [5.74, 6) is -1.19. The number of nitrogens with one attached hydrogen (secondary N) is 1. The molecule has 0 bridgehead atoms. The summed E-state index contributed by atoms with van der Waals surface area (Å²) in [4.78, 5) is 32.3. The normalized spacial score (nSPS) is 13.1. The van der Waals surface area contributed by atoms with Crippen LogP contribution in [0.1, 0.15) is 30.2 Å². The zero-order chi connectivity index (χ0) is 16.9. The van der Waals surface area contributed by atoms with Gasteiger partial charge in [-0.3, -0.25) is 14.3 Å². The quantitative estimate of drug-likeness (QED) is 0.432. The average molecular weight is 334 g/mol. The van der Waals surface area contributed by atoms with E-state index in [0.29, 0.717) is 17.7 Å². The zero-order valence-electron chi connectivity index (χ0n) is 12.2. The number of aromatic hydroxyl groups is 1. The smallest absolute Gasteiger partial charge is 0.469 e. The van der Waals surface area contributed by atoms with Gasteiger partial charge in [0.2, 0.25) is 0 Å². The third-order valence-electron chi connectivity index (χ3n) is 3.05. The molecule has 1 atom stereocenters. The molecule has 9 nitrogen and oxygen atoms in total. The van der Waals surface area contributed by atoms with E-state index < -0.39 is 26.4 Å². The summed E-state index contributed by atoms with van der Waals surface area (Å²) in [6.07, 6.45) is 1.66. The van der Waals surface area contributed by atoms with Gasteiger partial charge in [-0.05, 0) is 13.3 Å². The molecule has 22 heavy (non-hydrogen) atoms. The van der Waals surface area contributed by atoms with Crippen LogP contribution in [0.25, 0.3) is 0 Å². The molecule has 0 saturated carbocycles. The maximum absolute atomic E-state index is 11.0. The van der Waals surface area contributed by atoms with E-state index in [1.165, 1.54) is 6.20 Å². The number of pyridine rings is 1. The lowest BCUT2D eigenvalue weighted by atomic mass is 10.1. The molecule has 0 radical (unpaired) electrons. The van der Waals surface area contributed by atoms with Gasteiger partial charge in [0.05, 0.1) is 12.3 Å². The van der Waals surface area contributed by atoms with Gasteiger partial charge < -0.3 is 25.3 Å². The van der Waals surface area contributed by atoms with E-state index in [1.807, 2.05) is 0 Å². The number of carboxylic acids is 1. The lowest BCUT2D eigenvalue weighted by molar-refractivity contribution is -0.139. The first kappa shape index (κ1) is 18.5. The molecule has 0 fully saturated rings. The van der Waals surface area contributed by atoms with Crippen LogP contribution in [0.2, 0.25) is 0 Å². The summed E-state index contributed by atoms with van der Waals surface area (Å²) in [5.41, 5.74) is 0.875. The standard InChI is InChI=1S/C12H19N2O7P/c1-3-10(12(16)17)14-5-9-8(6-21-22(18,19)20)4-13-7(2)11(9)15/h4,10,14-15H,3,5-6H2,1-2H3,(H,16,17)(H2,18,19,20)/t10-/m1/s1. The molecule has 0 saturated heterocycles. The van der Waals surface area contributed by atoms with Gasteiger partial charge in [-0.15, -0.1) is 0 Å². The fourth-order valence-electron chi connectivity index (χ4n) is 1.79. The van der Waals surface area contributed by atoms with Crippen LogP contribution in [-0.2, 0) is 27.0 Å². The van der Waals surface area contributed by atoms with Crippen molar-refractivity contribution in [2.24, 2.45) is 0 Å². The molecule has 0 aliphatic carbocycles. The van der Waals surface area contributed by atoms with Crippen LogP contribution in [0.4, 0.5) is 0 Å². The molecular formula is C12H19N2O7P. The summed E-state index contributed by atoms with van der Waals surface area (Å²) < 4.78 is 15.2. The Hall–Kier alpha value is -1.51. The molecule has 1 heterocycles. The highest BCUT2D eigenvalue weighted by Gasteiger charge is 2.20. The van der Waals surface area contributed by atoms with Crippen LogP contribution in [0, 0.1) is 6.92 Å². The van der Waals surface area contributed by atoms with Crippen molar-refractivity contribution in [2.45, 2.75) is 39.5 Å². The van der Waals surface area contributed by atoms with Gasteiger partial charge in [0.15, 0.2) is 0 Å². The monoisotopic (exact) mass is 334 g/mol. The Balaban J connectivity index is 2.97. The third-order valence-corrected chi connectivity index (χ3v) is 3.52. The first-order valence-electron chi connectivity index (χ1n) is 6.48. The van der Waals surface area contributed by atoms with E-state index in [0.717, 1.165) is 0 Å². The van der Waals surface area contributed by atoms with Gasteiger partial charge in [-0.2, -0.15) is 0 Å². The lowest BCUT2D eigenvalue weighted by Gasteiger charge is -2.17. The second-order valence-corrected chi connectivity index (χ2v) is 5.88. The Kier molecular flexibility index (Phi) is 6.46. The number of hydrogen-bond acceptors (Lipinski definition) is 6. The molecule has 124 valence electrons. The molecule has 1 rings (SSSR count). The summed E-state index contributed by atoms with van der Waals surface area (Å²) in [6, 6.07) is -0.802. The Morgan fingerprint density at radius 2 is 2.14 bits per heavy atom. The number of rotatable bonds is 8. The molecule has 0 amide bonds. The number of hydrogen-bond donors (Lipinski definition) is 5. The number of phosphoric ester groups is 1. The zero-order valence-corrected chi connectivity index (χ0v) is 13.1. The highest BCUT2D eigenvalue weighted by molar-refractivity contribution is 7.46. The van der Waals surface area contributed by atoms with Crippen molar-refractivity contribution in [1.29, 1.82) is 0 Å². The number of aromatic nitrogens is 1. The van der Waals surface area contributed by atoms with Gasteiger partial charge in [-0.25, -0.2) is 4.57 Å². The van der Waals surface area contributed by atoms with Crippen LogP contribution < -0.4 is 5.32 Å². The average Bonchev–Trinajstić information content (AvgIpc) is 2.41. The molecule has 0 aliphatic heterocycles. The number of carboxylic acid groups (broad SMARTS) is 1. The maximum Gasteiger partial charge on any atom is 0.469 e. The molecule has 0 aromatic carbocycles. The second-order valence-electron chi connectivity index (χ2n) is 4.64. The molecule has 5 N–H and O–H groups in total. The minimum absolute atomic E-state index is 0.000147. The molecule has 0 aliphatic rings. The minimum Gasteiger partial charge on any atom is -0.506 e. The molecule has 1 aromatic rings. The fraction of sp³-hybridized carbons (Fsp3) is 0.500. The maximum atomic E-state index is 11.0. The van der Waals surface area contributed by atoms with Crippen molar-refractivity contribution in [3.8, 4) is 5.75 Å². The summed E-state index contributed by atoms with van der Waals surface area (Å²) in [6.45, 7) is 2.80. The molecule has 0 unspecified atom stereocenters. The van der Waals surface area contributed by atoms with Gasteiger partial charge in [-0.1, -0.05) is 6.92 Å². The van der Waals surface area contributed by atoms with Crippen molar-refractivity contribution >= 4 is 13.8 Å². The number of aliphatic carboxylic acids is 1. The Labute approximate surface area is 127 Å². The first-order valence-corrected chi connectivity index (χ1v) is 8.01. The van der Waals surface area contributed by atoms with Gasteiger partial charge >= 0.3 is 13.8 Å². The number of carbonyl (C=O) groups is 1. The van der Waals surface area contributed by atoms with Crippen molar-refractivity contribution < 1.29 is 33.9 Å². The van der Waals surface area contributed by atoms with Crippen molar-refractivity contribution in [1.82, 2.24) is 10.3 Å². The fourth-order valence-corrected chi connectivity index (χ4v) is 2.10. The summed E-state index contributed by atoms with van der Waals surface area (Å²) in [5, 5.41) is 21.8. The van der Waals surface area contributed by atoms with Crippen LogP contribution in [0.15, 0.2) is 6.20 Å². The highest BCUT2D eigenvalue weighted by Crippen LogP contribution is 2.38. The van der Waals surface area contributed by atoms with Crippen molar-refractivity contribution in [3.05, 3.63) is 23.0 Å². The Morgan fingerprint density at radius 3 is 2.64 bits per heavy atom. The van der Waals surface area contributed by atoms with Gasteiger partial charge in [0, 0.05) is 23.9 Å². The Bertz CT molecular complexity index is 587. The first-order chi connectivity index (χ1) is 10.2. The van der Waals surface area contributed by atoms with E-state index in [9.17, 15) is 14.5 Å². The number of nitrogens with zero attached hydrogens (tertiary/aromatic N) is 1. The van der Waals surface area contributed by atoms with Crippen molar-refractivity contribution in [2.75, 3.05) is 0 Å².